The molecule has 2 aromatic carbocycles. The highest BCUT2D eigenvalue weighted by Crippen LogP contribution is 2.20. The minimum absolute atomic E-state index is 0.0817. The number of hydrogen-bond donors (Lipinski definition) is 1. The summed E-state index contributed by atoms with van der Waals surface area (Å²) in [5.74, 6) is 6.13. The number of aromatic nitrogens is 1. The third kappa shape index (κ3) is 6.23. The molecule has 0 spiro atoms. The van der Waals surface area contributed by atoms with E-state index < -0.39 is 16.3 Å². The first-order chi connectivity index (χ1) is 17.7. The van der Waals surface area contributed by atoms with Gasteiger partial charge in [0.15, 0.2) is 5.78 Å². The zero-order valence-electron chi connectivity index (χ0n) is 21.1. The van der Waals surface area contributed by atoms with Gasteiger partial charge in [0, 0.05) is 61.5 Å². The molecule has 0 saturated carbocycles. The maximum absolute atomic E-state index is 12.7. The van der Waals surface area contributed by atoms with Gasteiger partial charge in [-0.25, -0.2) is 0 Å². The summed E-state index contributed by atoms with van der Waals surface area (Å²) >= 11 is 0. The highest BCUT2D eigenvalue weighted by molar-refractivity contribution is 7.87. The third-order valence-electron chi connectivity index (χ3n) is 6.41. The van der Waals surface area contributed by atoms with Crippen LogP contribution in [0.4, 0.5) is 5.69 Å². The summed E-state index contributed by atoms with van der Waals surface area (Å²) in [5.41, 5.74) is 3.08. The number of hydrogen-bond acceptors (Lipinski definition) is 6. The maximum Gasteiger partial charge on any atom is 0.280 e. The average Bonchev–Trinajstić information content (AvgIpc) is 2.90. The van der Waals surface area contributed by atoms with Crippen molar-refractivity contribution in [2.24, 2.45) is 5.92 Å². The van der Waals surface area contributed by atoms with Crippen LogP contribution in [0.1, 0.15) is 42.4 Å². The number of piperazine rings is 1. The molecule has 0 unspecified atom stereocenters. The van der Waals surface area contributed by atoms with Gasteiger partial charge >= 0.3 is 0 Å². The van der Waals surface area contributed by atoms with E-state index in [4.69, 9.17) is 0 Å². The SMILES string of the molecule is CC(=O)c1nccc2ccc(C#Cc3ccc(N4CCN(S(=O)(=O)N[C@@H](C=O)C(C)C)CC4)cc3)cc12. The normalized spacial score (nSPS) is 15.3. The number of nitrogens with zero attached hydrogens (tertiary/aromatic N) is 3. The molecule has 4 rings (SSSR count). The van der Waals surface area contributed by atoms with Gasteiger partial charge < -0.3 is 9.69 Å². The van der Waals surface area contributed by atoms with E-state index in [1.165, 1.54) is 11.2 Å². The van der Waals surface area contributed by atoms with Crippen LogP contribution in [0, 0.1) is 17.8 Å². The number of anilines is 1. The van der Waals surface area contributed by atoms with Gasteiger partial charge in [-0.2, -0.15) is 17.4 Å². The molecule has 0 amide bonds. The first-order valence-electron chi connectivity index (χ1n) is 12.2. The topological polar surface area (TPSA) is 99.7 Å². The molecule has 1 aliphatic rings. The number of fused-ring (bicyclic) bond motifs is 1. The number of ketones is 1. The quantitative estimate of drug-likeness (QED) is 0.293. The lowest BCUT2D eigenvalue weighted by molar-refractivity contribution is -0.110. The molecular weight excluding hydrogens is 488 g/mol. The molecule has 9 heteroatoms. The smallest absolute Gasteiger partial charge is 0.280 e. The van der Waals surface area contributed by atoms with Crippen LogP contribution in [-0.2, 0) is 15.0 Å². The Kier molecular flexibility index (Phi) is 8.03. The number of benzene rings is 2. The standard InChI is InChI=1S/C28H30N4O4S/c1-20(2)27(19-33)30-37(35,36)32-16-14-31(15-17-32)25-10-7-22(8-11-25)4-5-23-6-9-24-12-13-29-28(21(3)34)26(24)18-23/h6-13,18-20,27,30H,14-17H2,1-3H3/t27-/m0/s1. The molecule has 0 radical (unpaired) electrons. The summed E-state index contributed by atoms with van der Waals surface area (Å²) in [4.78, 5) is 29.5. The van der Waals surface area contributed by atoms with Gasteiger partial charge in [-0.3, -0.25) is 9.78 Å². The predicted octanol–water partition coefficient (Wildman–Crippen LogP) is 3.02. The van der Waals surface area contributed by atoms with Crippen molar-refractivity contribution in [1.29, 1.82) is 0 Å². The van der Waals surface area contributed by atoms with Crippen LogP contribution >= 0.6 is 0 Å². The second kappa shape index (κ2) is 11.2. The Balaban J connectivity index is 1.41. The van der Waals surface area contributed by atoms with Crippen molar-refractivity contribution in [3.8, 4) is 11.8 Å². The number of nitrogens with one attached hydrogen (secondary N) is 1. The molecule has 1 saturated heterocycles. The van der Waals surface area contributed by atoms with Crippen LogP contribution in [0.3, 0.4) is 0 Å². The molecule has 192 valence electrons. The van der Waals surface area contributed by atoms with E-state index in [0.717, 1.165) is 27.6 Å². The van der Waals surface area contributed by atoms with Gasteiger partial charge in [-0.1, -0.05) is 31.8 Å². The largest absolute Gasteiger partial charge is 0.369 e. The Bertz CT molecular complexity index is 1470. The number of aldehydes is 1. The van der Waals surface area contributed by atoms with Gasteiger partial charge in [-0.05, 0) is 53.8 Å². The Labute approximate surface area is 217 Å². The van der Waals surface area contributed by atoms with Crippen LogP contribution in [0.25, 0.3) is 10.8 Å². The molecule has 1 aromatic heterocycles. The Morgan fingerprint density at radius 1 is 1.00 bits per heavy atom. The van der Waals surface area contributed by atoms with Crippen LogP contribution in [0.2, 0.25) is 0 Å². The minimum atomic E-state index is -3.72. The molecule has 1 N–H and O–H groups in total. The van der Waals surface area contributed by atoms with E-state index in [9.17, 15) is 18.0 Å². The first-order valence-corrected chi connectivity index (χ1v) is 13.6. The molecule has 8 nitrogen and oxygen atoms in total. The van der Waals surface area contributed by atoms with Gasteiger partial charge in [0.25, 0.3) is 10.2 Å². The monoisotopic (exact) mass is 518 g/mol. The van der Waals surface area contributed by atoms with Crippen molar-refractivity contribution in [2.75, 3.05) is 31.1 Å². The Hall–Kier alpha value is -3.58. The summed E-state index contributed by atoms with van der Waals surface area (Å²) in [6, 6.07) is 14.7. The molecule has 1 fully saturated rings. The second-order valence-corrected chi connectivity index (χ2v) is 11.1. The third-order valence-corrected chi connectivity index (χ3v) is 8.03. The number of Topliss-reactive ketones (excluding diaryl/α,β-unsaturated/α-hetero) is 1. The fraction of sp³-hybridized carbons (Fsp3) is 0.321. The molecule has 3 aromatic rings. The number of pyridine rings is 1. The van der Waals surface area contributed by atoms with Crippen molar-refractivity contribution >= 4 is 38.7 Å². The molecule has 2 heterocycles. The summed E-state index contributed by atoms with van der Waals surface area (Å²) in [5, 5.41) is 1.74. The summed E-state index contributed by atoms with van der Waals surface area (Å²) in [7, 11) is -3.72. The molecule has 0 bridgehead atoms. The molecule has 0 aliphatic carbocycles. The predicted molar refractivity (Wildman–Crippen MR) is 145 cm³/mol. The van der Waals surface area contributed by atoms with Gasteiger partial charge in [0.05, 0.1) is 6.04 Å². The Morgan fingerprint density at radius 3 is 2.27 bits per heavy atom. The van der Waals surface area contributed by atoms with E-state index >= 15 is 0 Å². The zero-order chi connectivity index (χ0) is 26.6. The maximum atomic E-state index is 12.7. The van der Waals surface area contributed by atoms with Crippen molar-refractivity contribution in [3.05, 3.63) is 71.5 Å². The van der Waals surface area contributed by atoms with E-state index in [1.807, 2.05) is 48.5 Å². The van der Waals surface area contributed by atoms with E-state index in [1.54, 1.807) is 20.0 Å². The first kappa shape index (κ1) is 26.5. The minimum Gasteiger partial charge on any atom is -0.369 e. The van der Waals surface area contributed by atoms with Crippen LogP contribution in [-0.4, -0.2) is 62.0 Å². The second-order valence-electron chi connectivity index (χ2n) is 9.36. The summed E-state index contributed by atoms with van der Waals surface area (Å²) in [6.45, 7) is 6.87. The summed E-state index contributed by atoms with van der Waals surface area (Å²) in [6.07, 6.45) is 2.28. The highest BCUT2D eigenvalue weighted by Gasteiger charge is 2.29. The van der Waals surface area contributed by atoms with Crippen molar-refractivity contribution < 1.29 is 18.0 Å². The number of carbonyl (C=O) groups excluding carboxylic acids is 2. The lowest BCUT2D eigenvalue weighted by atomic mass is 10.0. The van der Waals surface area contributed by atoms with Gasteiger partial charge in [-0.15, -0.1) is 0 Å². The number of rotatable bonds is 7. The van der Waals surface area contributed by atoms with Gasteiger partial charge in [0.2, 0.25) is 0 Å². The fourth-order valence-electron chi connectivity index (χ4n) is 4.18. The van der Waals surface area contributed by atoms with Crippen molar-refractivity contribution in [2.45, 2.75) is 26.8 Å². The highest BCUT2D eigenvalue weighted by atomic mass is 32.2. The van der Waals surface area contributed by atoms with E-state index in [2.05, 4.69) is 26.4 Å². The molecule has 1 atom stereocenters. The van der Waals surface area contributed by atoms with Crippen LogP contribution < -0.4 is 9.62 Å². The Morgan fingerprint density at radius 2 is 1.65 bits per heavy atom. The molecular formula is C28H30N4O4S. The number of carbonyl (C=O) groups is 2. The van der Waals surface area contributed by atoms with Crippen LogP contribution in [0.15, 0.2) is 54.7 Å². The lowest BCUT2D eigenvalue weighted by Gasteiger charge is -2.36. The van der Waals surface area contributed by atoms with Crippen molar-refractivity contribution in [3.63, 3.8) is 0 Å². The molecule has 1 aliphatic heterocycles. The van der Waals surface area contributed by atoms with Gasteiger partial charge in [0.1, 0.15) is 12.0 Å². The molecule has 37 heavy (non-hydrogen) atoms. The average molecular weight is 519 g/mol. The fourth-order valence-corrected chi connectivity index (χ4v) is 5.65. The van der Waals surface area contributed by atoms with E-state index in [0.29, 0.717) is 38.2 Å². The lowest BCUT2D eigenvalue weighted by Crippen LogP contribution is -2.54. The van der Waals surface area contributed by atoms with Crippen molar-refractivity contribution in [1.82, 2.24) is 14.0 Å². The van der Waals surface area contributed by atoms with E-state index in [-0.39, 0.29) is 11.7 Å². The zero-order valence-corrected chi connectivity index (χ0v) is 22.0. The summed E-state index contributed by atoms with van der Waals surface area (Å²) < 4.78 is 29.2. The van der Waals surface area contributed by atoms with Crippen LogP contribution in [0.5, 0.6) is 0 Å².